The lowest BCUT2D eigenvalue weighted by atomic mass is 10.2. The van der Waals surface area contributed by atoms with Crippen molar-refractivity contribution in [2.24, 2.45) is 5.16 Å². The smallest absolute Gasteiger partial charge is 0.424 e. The number of rotatable bonds is 8. The van der Waals surface area contributed by atoms with Crippen molar-refractivity contribution in [1.29, 1.82) is 0 Å². The molecule has 0 bridgehead atoms. The van der Waals surface area contributed by atoms with Gasteiger partial charge in [-0.25, -0.2) is 4.79 Å². The Morgan fingerprint density at radius 1 is 1.20 bits per heavy atom. The normalized spacial score (nSPS) is 14.9. The number of likely N-dealkylation sites (tertiary alicyclic amines) is 1. The van der Waals surface area contributed by atoms with E-state index in [1.165, 1.54) is 6.21 Å². The summed E-state index contributed by atoms with van der Waals surface area (Å²) in [5, 5.41) is 3.73. The third-order valence-corrected chi connectivity index (χ3v) is 5.81. The van der Waals surface area contributed by atoms with Crippen molar-refractivity contribution in [3.63, 3.8) is 0 Å². The zero-order valence-corrected chi connectivity index (χ0v) is 16.1. The average Bonchev–Trinajstić information content (AvgIpc) is 3.11. The van der Waals surface area contributed by atoms with Gasteiger partial charge in [-0.1, -0.05) is 5.16 Å². The maximum atomic E-state index is 11.7. The topological polar surface area (TPSA) is 69.6 Å². The van der Waals surface area contributed by atoms with Gasteiger partial charge in [0.2, 0.25) is 0 Å². The van der Waals surface area contributed by atoms with Crippen LogP contribution >= 0.6 is 6.72 Å². The molecule has 2 rings (SSSR count). The van der Waals surface area contributed by atoms with E-state index in [1.54, 1.807) is 29.2 Å². The SMILES string of the molecule is CCOP(=S)(OCC)Oc1ccc(/C=N\OC(=O)N2CCCC2)cc1. The van der Waals surface area contributed by atoms with Gasteiger partial charge in [0.25, 0.3) is 0 Å². The van der Waals surface area contributed by atoms with E-state index in [0.717, 1.165) is 31.5 Å². The highest BCUT2D eigenvalue weighted by Gasteiger charge is 2.21. The Morgan fingerprint density at radius 2 is 1.80 bits per heavy atom. The summed E-state index contributed by atoms with van der Waals surface area (Å²) in [5.74, 6) is 0.552. The van der Waals surface area contributed by atoms with Crippen molar-refractivity contribution in [2.45, 2.75) is 26.7 Å². The van der Waals surface area contributed by atoms with Crippen LogP contribution in [0.4, 0.5) is 4.79 Å². The lowest BCUT2D eigenvalue weighted by molar-refractivity contribution is 0.115. The van der Waals surface area contributed by atoms with Gasteiger partial charge in [0.15, 0.2) is 0 Å². The maximum Gasteiger partial charge on any atom is 0.435 e. The molecule has 7 nitrogen and oxygen atoms in total. The van der Waals surface area contributed by atoms with Crippen molar-refractivity contribution >= 4 is 30.8 Å². The third-order valence-electron chi connectivity index (χ3n) is 3.37. The zero-order valence-electron chi connectivity index (χ0n) is 14.4. The molecule has 0 aliphatic carbocycles. The molecule has 1 aliphatic rings. The maximum absolute atomic E-state index is 11.7. The predicted octanol–water partition coefficient (Wildman–Crippen LogP) is 3.93. The molecule has 1 aromatic carbocycles. The van der Waals surface area contributed by atoms with Gasteiger partial charge in [0.1, 0.15) is 5.75 Å². The molecular formula is C16H23N2O5PS. The molecule has 0 atom stereocenters. The van der Waals surface area contributed by atoms with Gasteiger partial charge < -0.3 is 9.42 Å². The van der Waals surface area contributed by atoms with E-state index in [4.69, 9.17) is 30.2 Å². The lowest BCUT2D eigenvalue weighted by Crippen LogP contribution is -2.26. The summed E-state index contributed by atoms with van der Waals surface area (Å²) in [7, 11) is 0. The molecule has 0 unspecified atom stereocenters. The number of hydrogen-bond donors (Lipinski definition) is 0. The van der Waals surface area contributed by atoms with Crippen molar-refractivity contribution in [3.05, 3.63) is 29.8 Å². The van der Waals surface area contributed by atoms with Gasteiger partial charge in [-0.05, 0) is 56.5 Å². The molecule has 1 fully saturated rings. The number of oxime groups is 1. The second-order valence-electron chi connectivity index (χ2n) is 5.23. The summed E-state index contributed by atoms with van der Waals surface area (Å²) in [6, 6.07) is 7.03. The van der Waals surface area contributed by atoms with Gasteiger partial charge in [0, 0.05) is 24.9 Å². The highest BCUT2D eigenvalue weighted by Crippen LogP contribution is 2.49. The number of hydrogen-bond acceptors (Lipinski definition) is 7. The second-order valence-corrected chi connectivity index (χ2v) is 8.16. The summed E-state index contributed by atoms with van der Waals surface area (Å²) in [6.07, 6.45) is 3.08. The second kappa shape index (κ2) is 9.87. The van der Waals surface area contributed by atoms with Crippen molar-refractivity contribution in [1.82, 2.24) is 4.90 Å². The number of carbonyl (C=O) groups excluding carboxylic acids is 1. The molecule has 1 heterocycles. The zero-order chi connectivity index (χ0) is 18.1. The fourth-order valence-corrected chi connectivity index (χ4v) is 4.32. The fourth-order valence-electron chi connectivity index (χ4n) is 2.24. The summed E-state index contributed by atoms with van der Waals surface area (Å²) < 4.78 is 16.6. The molecule has 138 valence electrons. The minimum Gasteiger partial charge on any atom is -0.424 e. The van der Waals surface area contributed by atoms with Crippen LogP contribution in [0.3, 0.4) is 0 Å². The fraction of sp³-hybridized carbons (Fsp3) is 0.500. The largest absolute Gasteiger partial charge is 0.435 e. The minimum absolute atomic E-state index is 0.414. The molecule has 1 saturated heterocycles. The highest BCUT2D eigenvalue weighted by atomic mass is 32.5. The van der Waals surface area contributed by atoms with Crippen LogP contribution in [0.15, 0.2) is 29.4 Å². The summed E-state index contributed by atoms with van der Waals surface area (Å²) in [6.45, 7) is 3.20. The Morgan fingerprint density at radius 3 is 2.36 bits per heavy atom. The van der Waals surface area contributed by atoms with Crippen LogP contribution in [0.1, 0.15) is 32.3 Å². The standard InChI is InChI=1S/C16H23N2O5PS/c1-3-20-24(25,21-4-2)23-15-9-7-14(8-10-15)13-17-22-16(19)18-11-5-6-12-18/h7-10,13H,3-6,11-12H2,1-2H3/b17-13-. The summed E-state index contributed by atoms with van der Waals surface area (Å²) in [4.78, 5) is 18.2. The van der Waals surface area contributed by atoms with E-state index in [2.05, 4.69) is 5.16 Å². The van der Waals surface area contributed by atoms with E-state index in [0.29, 0.717) is 19.0 Å². The van der Waals surface area contributed by atoms with Gasteiger partial charge >= 0.3 is 12.8 Å². The minimum atomic E-state index is -2.78. The molecular weight excluding hydrogens is 363 g/mol. The number of nitrogens with zero attached hydrogens (tertiary/aromatic N) is 2. The number of carbonyl (C=O) groups is 1. The van der Waals surface area contributed by atoms with Gasteiger partial charge in [-0.3, -0.25) is 13.9 Å². The first-order valence-electron chi connectivity index (χ1n) is 8.24. The van der Waals surface area contributed by atoms with Crippen molar-refractivity contribution in [3.8, 4) is 5.75 Å². The molecule has 25 heavy (non-hydrogen) atoms. The van der Waals surface area contributed by atoms with Crippen molar-refractivity contribution < 1.29 is 23.2 Å². The molecule has 0 saturated carbocycles. The van der Waals surface area contributed by atoms with Crippen LogP contribution < -0.4 is 4.52 Å². The highest BCUT2D eigenvalue weighted by molar-refractivity contribution is 8.07. The van der Waals surface area contributed by atoms with Crippen molar-refractivity contribution in [2.75, 3.05) is 26.3 Å². The van der Waals surface area contributed by atoms with Crippen LogP contribution in [0, 0.1) is 0 Å². The van der Waals surface area contributed by atoms with Gasteiger partial charge in [-0.15, -0.1) is 0 Å². The lowest BCUT2D eigenvalue weighted by Gasteiger charge is -2.20. The van der Waals surface area contributed by atoms with E-state index < -0.39 is 12.8 Å². The van der Waals surface area contributed by atoms with E-state index in [1.807, 2.05) is 13.8 Å². The van der Waals surface area contributed by atoms with E-state index in [9.17, 15) is 4.79 Å². The molecule has 0 aromatic heterocycles. The Kier molecular flexibility index (Phi) is 7.84. The Labute approximate surface area is 153 Å². The molecule has 9 heteroatoms. The third kappa shape index (κ3) is 6.40. The Hall–Kier alpha value is -1.47. The van der Waals surface area contributed by atoms with Crippen LogP contribution in [-0.2, 0) is 25.7 Å². The monoisotopic (exact) mass is 386 g/mol. The first-order chi connectivity index (χ1) is 12.1. The Bertz CT molecular complexity index is 622. The number of benzene rings is 1. The molecule has 0 spiro atoms. The molecule has 1 aliphatic heterocycles. The van der Waals surface area contributed by atoms with E-state index >= 15 is 0 Å². The molecule has 1 amide bonds. The van der Waals surface area contributed by atoms with Crippen LogP contribution in [0.25, 0.3) is 0 Å². The van der Waals surface area contributed by atoms with E-state index in [-0.39, 0.29) is 0 Å². The Balaban J connectivity index is 1.89. The molecule has 1 aromatic rings. The predicted molar refractivity (Wildman–Crippen MR) is 99.5 cm³/mol. The van der Waals surface area contributed by atoms with Gasteiger partial charge in [0.05, 0.1) is 19.4 Å². The molecule has 0 N–H and O–H groups in total. The van der Waals surface area contributed by atoms with Crippen LogP contribution in [0.5, 0.6) is 5.75 Å². The quantitative estimate of drug-likeness (QED) is 0.292. The molecule has 0 radical (unpaired) electrons. The van der Waals surface area contributed by atoms with Crippen LogP contribution in [0.2, 0.25) is 0 Å². The first-order valence-corrected chi connectivity index (χ1v) is 10.8. The van der Waals surface area contributed by atoms with Gasteiger partial charge in [-0.2, -0.15) is 0 Å². The first kappa shape index (κ1) is 19.8. The average molecular weight is 386 g/mol. The summed E-state index contributed by atoms with van der Waals surface area (Å²) in [5.41, 5.74) is 0.766. The summed E-state index contributed by atoms with van der Waals surface area (Å²) >= 11 is 5.32. The number of amides is 1. The van der Waals surface area contributed by atoms with Crippen LogP contribution in [-0.4, -0.2) is 43.5 Å².